The van der Waals surface area contributed by atoms with Crippen LogP contribution in [0.1, 0.15) is 52.0 Å². The number of halogens is 1. The van der Waals surface area contributed by atoms with Gasteiger partial charge >= 0.3 is 0 Å². The van der Waals surface area contributed by atoms with E-state index < -0.39 is 5.54 Å². The summed E-state index contributed by atoms with van der Waals surface area (Å²) >= 11 is 5.93. The first-order chi connectivity index (χ1) is 10.4. The maximum Gasteiger partial charge on any atom is 0.222 e. The number of benzene rings is 1. The number of hydrogen-bond donors (Lipinski definition) is 2. The largest absolute Gasteiger partial charge is 0.347 e. The van der Waals surface area contributed by atoms with E-state index in [0.717, 1.165) is 18.5 Å². The molecule has 4 heteroatoms. The Bertz CT molecular complexity index is 498. The molecular weight excluding hydrogens is 296 g/mol. The Labute approximate surface area is 138 Å². The molecule has 1 heterocycles. The van der Waals surface area contributed by atoms with E-state index in [1.165, 1.54) is 12.8 Å². The van der Waals surface area contributed by atoms with E-state index in [2.05, 4.69) is 17.6 Å². The minimum absolute atomic E-state index is 0.109. The van der Waals surface area contributed by atoms with Crippen molar-refractivity contribution < 1.29 is 4.79 Å². The SMILES string of the molecule is CCC1CCCNC1CC(=O)NC(C)(C)c1ccc(Cl)cc1. The second-order valence-corrected chi connectivity index (χ2v) is 7.19. The third kappa shape index (κ3) is 4.47. The molecule has 1 fully saturated rings. The minimum Gasteiger partial charge on any atom is -0.347 e. The van der Waals surface area contributed by atoms with Gasteiger partial charge < -0.3 is 10.6 Å². The number of amides is 1. The van der Waals surface area contributed by atoms with Gasteiger partial charge in [0.05, 0.1) is 5.54 Å². The Morgan fingerprint density at radius 3 is 2.68 bits per heavy atom. The summed E-state index contributed by atoms with van der Waals surface area (Å²) in [7, 11) is 0. The molecule has 0 saturated carbocycles. The van der Waals surface area contributed by atoms with Crippen LogP contribution in [0.4, 0.5) is 0 Å². The molecule has 1 aliphatic heterocycles. The lowest BCUT2D eigenvalue weighted by Crippen LogP contribution is -2.47. The van der Waals surface area contributed by atoms with Crippen molar-refractivity contribution in [1.29, 1.82) is 0 Å². The molecule has 1 saturated heterocycles. The van der Waals surface area contributed by atoms with E-state index in [-0.39, 0.29) is 5.91 Å². The minimum atomic E-state index is -0.391. The zero-order valence-electron chi connectivity index (χ0n) is 13.8. The fraction of sp³-hybridized carbons (Fsp3) is 0.611. The first-order valence-electron chi connectivity index (χ1n) is 8.23. The summed E-state index contributed by atoms with van der Waals surface area (Å²) < 4.78 is 0. The molecule has 0 radical (unpaired) electrons. The van der Waals surface area contributed by atoms with Crippen LogP contribution in [0.5, 0.6) is 0 Å². The standard InChI is InChI=1S/C18H27ClN2O/c1-4-13-6-5-11-20-16(13)12-17(22)21-18(2,3)14-7-9-15(19)10-8-14/h7-10,13,16,20H,4-6,11-12H2,1-3H3,(H,21,22). The van der Waals surface area contributed by atoms with Crippen molar-refractivity contribution in [1.82, 2.24) is 10.6 Å². The maximum absolute atomic E-state index is 12.5. The van der Waals surface area contributed by atoms with Gasteiger partial charge in [-0.05, 0) is 56.8 Å². The lowest BCUT2D eigenvalue weighted by Gasteiger charge is -2.33. The second kappa shape index (κ2) is 7.47. The summed E-state index contributed by atoms with van der Waals surface area (Å²) in [6, 6.07) is 7.97. The zero-order valence-corrected chi connectivity index (χ0v) is 14.5. The molecule has 122 valence electrons. The van der Waals surface area contributed by atoms with Crippen molar-refractivity contribution in [3.05, 3.63) is 34.9 Å². The molecule has 2 rings (SSSR count). The average molecular weight is 323 g/mol. The van der Waals surface area contributed by atoms with E-state index in [0.29, 0.717) is 23.4 Å². The van der Waals surface area contributed by atoms with Gasteiger partial charge in [0.25, 0.3) is 0 Å². The number of rotatable bonds is 5. The van der Waals surface area contributed by atoms with Crippen LogP contribution in [-0.4, -0.2) is 18.5 Å². The van der Waals surface area contributed by atoms with E-state index in [9.17, 15) is 4.79 Å². The summed E-state index contributed by atoms with van der Waals surface area (Å²) in [5.74, 6) is 0.718. The van der Waals surface area contributed by atoms with Crippen LogP contribution < -0.4 is 10.6 Å². The Hall–Kier alpha value is -1.06. The highest BCUT2D eigenvalue weighted by atomic mass is 35.5. The van der Waals surface area contributed by atoms with Crippen LogP contribution in [-0.2, 0) is 10.3 Å². The molecule has 1 aromatic rings. The van der Waals surface area contributed by atoms with Gasteiger partial charge in [-0.3, -0.25) is 4.79 Å². The Balaban J connectivity index is 1.96. The zero-order chi connectivity index (χ0) is 16.2. The predicted molar refractivity (Wildman–Crippen MR) is 92.0 cm³/mol. The summed E-state index contributed by atoms with van der Waals surface area (Å²) in [6.45, 7) is 7.29. The van der Waals surface area contributed by atoms with Gasteiger partial charge in [0.15, 0.2) is 0 Å². The van der Waals surface area contributed by atoms with Gasteiger partial charge in [-0.2, -0.15) is 0 Å². The van der Waals surface area contributed by atoms with Crippen LogP contribution in [0.25, 0.3) is 0 Å². The summed E-state index contributed by atoms with van der Waals surface area (Å²) in [4.78, 5) is 12.5. The quantitative estimate of drug-likeness (QED) is 0.864. The van der Waals surface area contributed by atoms with E-state index in [4.69, 9.17) is 11.6 Å². The van der Waals surface area contributed by atoms with Crippen molar-refractivity contribution in [2.45, 2.75) is 58.0 Å². The first kappa shape index (κ1) is 17.3. The second-order valence-electron chi connectivity index (χ2n) is 6.76. The Kier molecular flexibility index (Phi) is 5.87. The summed E-state index contributed by atoms with van der Waals surface area (Å²) in [5, 5.41) is 7.38. The molecule has 1 aromatic carbocycles. The number of carbonyl (C=O) groups is 1. The normalized spacial score (nSPS) is 22.4. The van der Waals surface area contributed by atoms with E-state index in [1.54, 1.807) is 0 Å². The lowest BCUT2D eigenvalue weighted by atomic mass is 9.86. The molecular formula is C18H27ClN2O. The number of piperidine rings is 1. The number of carbonyl (C=O) groups excluding carboxylic acids is 1. The van der Waals surface area contributed by atoms with Gasteiger partial charge in [-0.25, -0.2) is 0 Å². The topological polar surface area (TPSA) is 41.1 Å². The highest BCUT2D eigenvalue weighted by Gasteiger charge is 2.28. The third-order valence-corrected chi connectivity index (χ3v) is 4.93. The highest BCUT2D eigenvalue weighted by Crippen LogP contribution is 2.24. The molecule has 0 aromatic heterocycles. The van der Waals surface area contributed by atoms with Crippen molar-refractivity contribution in [2.75, 3.05) is 6.54 Å². The van der Waals surface area contributed by atoms with Gasteiger partial charge in [-0.1, -0.05) is 37.1 Å². The van der Waals surface area contributed by atoms with E-state index >= 15 is 0 Å². The highest BCUT2D eigenvalue weighted by molar-refractivity contribution is 6.30. The van der Waals surface area contributed by atoms with Crippen molar-refractivity contribution in [2.24, 2.45) is 5.92 Å². The molecule has 2 unspecified atom stereocenters. The lowest BCUT2D eigenvalue weighted by molar-refractivity contribution is -0.123. The van der Waals surface area contributed by atoms with Gasteiger partial charge in [0.2, 0.25) is 5.91 Å². The predicted octanol–water partition coefficient (Wildman–Crippen LogP) is 3.86. The first-order valence-corrected chi connectivity index (χ1v) is 8.60. The molecule has 2 atom stereocenters. The van der Waals surface area contributed by atoms with Gasteiger partial charge in [0.1, 0.15) is 0 Å². The van der Waals surface area contributed by atoms with Crippen molar-refractivity contribution in [3.63, 3.8) is 0 Å². The van der Waals surface area contributed by atoms with Crippen LogP contribution in [0.2, 0.25) is 5.02 Å². The van der Waals surface area contributed by atoms with E-state index in [1.807, 2.05) is 38.1 Å². The molecule has 3 nitrogen and oxygen atoms in total. The molecule has 1 amide bonds. The van der Waals surface area contributed by atoms with Crippen LogP contribution in [0.15, 0.2) is 24.3 Å². The van der Waals surface area contributed by atoms with Gasteiger partial charge in [-0.15, -0.1) is 0 Å². The van der Waals surface area contributed by atoms with Crippen LogP contribution in [0.3, 0.4) is 0 Å². The fourth-order valence-corrected chi connectivity index (χ4v) is 3.41. The van der Waals surface area contributed by atoms with Gasteiger partial charge in [0, 0.05) is 17.5 Å². The van der Waals surface area contributed by atoms with Crippen molar-refractivity contribution in [3.8, 4) is 0 Å². The monoisotopic (exact) mass is 322 g/mol. The Morgan fingerprint density at radius 2 is 2.05 bits per heavy atom. The van der Waals surface area contributed by atoms with Crippen molar-refractivity contribution >= 4 is 17.5 Å². The molecule has 2 N–H and O–H groups in total. The Morgan fingerprint density at radius 1 is 1.36 bits per heavy atom. The summed E-state index contributed by atoms with van der Waals surface area (Å²) in [5.41, 5.74) is 0.673. The summed E-state index contributed by atoms with van der Waals surface area (Å²) in [6.07, 6.45) is 4.12. The average Bonchev–Trinajstić information content (AvgIpc) is 2.47. The fourth-order valence-electron chi connectivity index (χ4n) is 3.29. The number of hydrogen-bond acceptors (Lipinski definition) is 2. The smallest absolute Gasteiger partial charge is 0.222 e. The maximum atomic E-state index is 12.5. The molecule has 0 bridgehead atoms. The van der Waals surface area contributed by atoms with Crippen LogP contribution >= 0.6 is 11.6 Å². The molecule has 1 aliphatic rings. The molecule has 0 aliphatic carbocycles. The molecule has 0 spiro atoms. The number of nitrogens with one attached hydrogen (secondary N) is 2. The van der Waals surface area contributed by atoms with Crippen LogP contribution in [0, 0.1) is 5.92 Å². The molecule has 22 heavy (non-hydrogen) atoms. The third-order valence-electron chi connectivity index (χ3n) is 4.67.